The Morgan fingerprint density at radius 2 is 1.53 bits per heavy atom. The Hall–Kier alpha value is -2.89. The second-order valence-corrected chi connectivity index (χ2v) is 3.76. The third-order valence-electron chi connectivity index (χ3n) is 2.43. The molecule has 6 heteroatoms. The van der Waals surface area contributed by atoms with Gasteiger partial charge in [-0.1, -0.05) is 0 Å². The second kappa shape index (κ2) is 5.63. The first-order valence-electron chi connectivity index (χ1n) is 5.53. The molecule has 0 radical (unpaired) electrons. The molecular weight excluding hydrogens is 244 g/mol. The highest BCUT2D eigenvalue weighted by Gasteiger charge is 2.06. The SMILES string of the molecule is NC(=O)c1ccc(C(=O)NNc2ccncc2)cc1. The molecule has 6 nitrogen and oxygen atoms in total. The van der Waals surface area contributed by atoms with Crippen molar-refractivity contribution in [3.63, 3.8) is 0 Å². The minimum atomic E-state index is -0.526. The zero-order chi connectivity index (χ0) is 13.7. The Bertz CT molecular complexity index is 581. The molecule has 0 bridgehead atoms. The lowest BCUT2D eigenvalue weighted by Crippen LogP contribution is -2.29. The van der Waals surface area contributed by atoms with Crippen molar-refractivity contribution in [3.05, 3.63) is 59.9 Å². The summed E-state index contributed by atoms with van der Waals surface area (Å²) in [5.74, 6) is -0.838. The molecule has 1 heterocycles. The van der Waals surface area contributed by atoms with Crippen LogP contribution >= 0.6 is 0 Å². The maximum atomic E-state index is 11.8. The van der Waals surface area contributed by atoms with E-state index in [-0.39, 0.29) is 5.91 Å². The third-order valence-corrected chi connectivity index (χ3v) is 2.43. The average molecular weight is 256 g/mol. The van der Waals surface area contributed by atoms with E-state index in [0.717, 1.165) is 5.69 Å². The number of hydrazine groups is 1. The molecule has 0 atom stereocenters. The average Bonchev–Trinajstić information content (AvgIpc) is 2.46. The van der Waals surface area contributed by atoms with Gasteiger partial charge in [0.2, 0.25) is 5.91 Å². The molecule has 19 heavy (non-hydrogen) atoms. The lowest BCUT2D eigenvalue weighted by atomic mass is 10.1. The number of rotatable bonds is 4. The molecule has 2 amide bonds. The van der Waals surface area contributed by atoms with Gasteiger partial charge in [-0.2, -0.15) is 0 Å². The number of amides is 2. The number of pyridine rings is 1. The highest BCUT2D eigenvalue weighted by molar-refractivity contribution is 5.97. The van der Waals surface area contributed by atoms with Crippen molar-refractivity contribution in [1.29, 1.82) is 0 Å². The van der Waals surface area contributed by atoms with Gasteiger partial charge >= 0.3 is 0 Å². The topological polar surface area (TPSA) is 97.1 Å². The van der Waals surface area contributed by atoms with E-state index in [1.54, 1.807) is 24.5 Å². The van der Waals surface area contributed by atoms with Crippen molar-refractivity contribution in [3.8, 4) is 0 Å². The van der Waals surface area contributed by atoms with Crippen molar-refractivity contribution in [2.45, 2.75) is 0 Å². The minimum absolute atomic E-state index is 0.312. The molecule has 1 aromatic carbocycles. The molecule has 96 valence electrons. The van der Waals surface area contributed by atoms with Gasteiger partial charge in [-0.15, -0.1) is 0 Å². The van der Waals surface area contributed by atoms with Crippen LogP contribution in [-0.2, 0) is 0 Å². The first-order valence-corrected chi connectivity index (χ1v) is 5.53. The van der Waals surface area contributed by atoms with E-state index in [4.69, 9.17) is 5.73 Å². The van der Waals surface area contributed by atoms with Crippen LogP contribution in [0, 0.1) is 0 Å². The van der Waals surface area contributed by atoms with E-state index in [2.05, 4.69) is 15.8 Å². The van der Waals surface area contributed by atoms with Crippen molar-refractivity contribution >= 4 is 17.5 Å². The van der Waals surface area contributed by atoms with Crippen molar-refractivity contribution in [2.75, 3.05) is 5.43 Å². The summed E-state index contributed by atoms with van der Waals surface area (Å²) in [4.78, 5) is 26.6. The zero-order valence-corrected chi connectivity index (χ0v) is 9.96. The molecule has 0 saturated heterocycles. The van der Waals surface area contributed by atoms with Crippen LogP contribution in [0.3, 0.4) is 0 Å². The first kappa shape index (κ1) is 12.6. The predicted molar refractivity (Wildman–Crippen MR) is 70.3 cm³/mol. The second-order valence-electron chi connectivity index (χ2n) is 3.76. The summed E-state index contributed by atoms with van der Waals surface area (Å²) in [6.45, 7) is 0. The number of aromatic nitrogens is 1. The van der Waals surface area contributed by atoms with Crippen LogP contribution in [0.4, 0.5) is 5.69 Å². The fourth-order valence-electron chi connectivity index (χ4n) is 1.42. The number of carbonyl (C=O) groups excluding carboxylic acids is 2. The zero-order valence-electron chi connectivity index (χ0n) is 9.96. The summed E-state index contributed by atoms with van der Waals surface area (Å²) in [6, 6.07) is 9.51. The normalized spacial score (nSPS) is 9.68. The monoisotopic (exact) mass is 256 g/mol. The Morgan fingerprint density at radius 3 is 2.11 bits per heavy atom. The molecule has 0 aliphatic heterocycles. The number of hydrogen-bond acceptors (Lipinski definition) is 4. The Balaban J connectivity index is 1.98. The Morgan fingerprint density at radius 1 is 0.947 bits per heavy atom. The first-order chi connectivity index (χ1) is 9.16. The van der Waals surface area contributed by atoms with E-state index < -0.39 is 5.91 Å². The maximum absolute atomic E-state index is 11.8. The number of carbonyl (C=O) groups is 2. The van der Waals surface area contributed by atoms with Crippen molar-refractivity contribution in [1.82, 2.24) is 10.4 Å². The number of nitrogens with one attached hydrogen (secondary N) is 2. The van der Waals surface area contributed by atoms with Crippen molar-refractivity contribution < 1.29 is 9.59 Å². The quantitative estimate of drug-likeness (QED) is 0.709. The predicted octanol–water partition coefficient (Wildman–Crippen LogP) is 0.937. The van der Waals surface area contributed by atoms with E-state index in [1.165, 1.54) is 24.3 Å². The largest absolute Gasteiger partial charge is 0.366 e. The molecule has 0 aliphatic carbocycles. The fraction of sp³-hybridized carbons (Fsp3) is 0. The lowest BCUT2D eigenvalue weighted by molar-refractivity contribution is 0.0959. The van der Waals surface area contributed by atoms with Gasteiger partial charge < -0.3 is 5.73 Å². The molecule has 0 aliphatic rings. The maximum Gasteiger partial charge on any atom is 0.269 e. The molecule has 0 spiro atoms. The molecule has 4 N–H and O–H groups in total. The number of nitrogens with zero attached hydrogens (tertiary/aromatic N) is 1. The van der Waals surface area contributed by atoms with Gasteiger partial charge in [-0.25, -0.2) is 0 Å². The molecule has 0 unspecified atom stereocenters. The third kappa shape index (κ3) is 3.29. The summed E-state index contributed by atoms with van der Waals surface area (Å²) in [7, 11) is 0. The van der Waals surface area contributed by atoms with Gasteiger partial charge in [0, 0.05) is 23.5 Å². The summed E-state index contributed by atoms with van der Waals surface area (Å²) in [5, 5.41) is 0. The number of primary amides is 1. The van der Waals surface area contributed by atoms with E-state index in [9.17, 15) is 9.59 Å². The van der Waals surface area contributed by atoms with Gasteiger partial charge in [0.1, 0.15) is 0 Å². The van der Waals surface area contributed by atoms with Crippen LogP contribution in [0.1, 0.15) is 20.7 Å². The van der Waals surface area contributed by atoms with Crippen LogP contribution in [0.25, 0.3) is 0 Å². The molecule has 1 aromatic heterocycles. The Kier molecular flexibility index (Phi) is 3.72. The van der Waals surface area contributed by atoms with Crippen LogP contribution in [-0.4, -0.2) is 16.8 Å². The highest BCUT2D eigenvalue weighted by atomic mass is 16.2. The van der Waals surface area contributed by atoms with E-state index in [1.807, 2.05) is 0 Å². The summed E-state index contributed by atoms with van der Waals surface area (Å²) in [5.41, 5.74) is 11.9. The van der Waals surface area contributed by atoms with Gasteiger partial charge in [0.15, 0.2) is 0 Å². The van der Waals surface area contributed by atoms with Crippen LogP contribution in [0.5, 0.6) is 0 Å². The summed E-state index contributed by atoms with van der Waals surface area (Å²) in [6.07, 6.45) is 3.21. The summed E-state index contributed by atoms with van der Waals surface area (Å²) >= 11 is 0. The van der Waals surface area contributed by atoms with Gasteiger partial charge in [0.05, 0.1) is 5.69 Å². The van der Waals surface area contributed by atoms with E-state index >= 15 is 0 Å². The van der Waals surface area contributed by atoms with Crippen LogP contribution < -0.4 is 16.6 Å². The molecular formula is C13H12N4O2. The molecule has 2 rings (SSSR count). The van der Waals surface area contributed by atoms with Crippen LogP contribution in [0.2, 0.25) is 0 Å². The highest BCUT2D eigenvalue weighted by Crippen LogP contribution is 2.05. The molecule has 2 aromatic rings. The van der Waals surface area contributed by atoms with E-state index in [0.29, 0.717) is 11.1 Å². The fourth-order valence-corrected chi connectivity index (χ4v) is 1.42. The van der Waals surface area contributed by atoms with Crippen LogP contribution in [0.15, 0.2) is 48.8 Å². The summed E-state index contributed by atoms with van der Waals surface area (Å²) < 4.78 is 0. The number of anilines is 1. The molecule has 0 saturated carbocycles. The van der Waals surface area contributed by atoms with Gasteiger partial charge in [0.25, 0.3) is 5.91 Å². The van der Waals surface area contributed by atoms with Crippen molar-refractivity contribution in [2.24, 2.45) is 5.73 Å². The number of hydrogen-bond donors (Lipinski definition) is 3. The molecule has 0 fully saturated rings. The number of benzene rings is 1. The standard InChI is InChI=1S/C13H12N4O2/c14-12(18)9-1-3-10(4-2-9)13(19)17-16-11-5-7-15-8-6-11/h1-8H,(H2,14,18)(H,15,16)(H,17,19). The minimum Gasteiger partial charge on any atom is -0.366 e. The van der Waals surface area contributed by atoms with Gasteiger partial charge in [-0.05, 0) is 36.4 Å². The number of nitrogens with two attached hydrogens (primary N) is 1. The van der Waals surface area contributed by atoms with Gasteiger partial charge in [-0.3, -0.25) is 25.4 Å². The Labute approximate surface area is 109 Å². The smallest absolute Gasteiger partial charge is 0.269 e. The lowest BCUT2D eigenvalue weighted by Gasteiger charge is -2.08.